The minimum absolute atomic E-state index is 0.0437. The first-order chi connectivity index (χ1) is 13.6. The number of nitrogens with one attached hydrogen (secondary N) is 2. The summed E-state index contributed by atoms with van der Waals surface area (Å²) in [7, 11) is 1.81. The highest BCUT2D eigenvalue weighted by Gasteiger charge is 2.25. The zero-order chi connectivity index (χ0) is 19.5. The summed E-state index contributed by atoms with van der Waals surface area (Å²) in [4.78, 5) is 16.7. The second-order valence-electron chi connectivity index (χ2n) is 6.66. The Bertz CT molecular complexity index is 1000. The van der Waals surface area contributed by atoms with Gasteiger partial charge in [0, 0.05) is 37.1 Å². The Kier molecular flexibility index (Phi) is 4.92. The Morgan fingerprint density at radius 3 is 2.93 bits per heavy atom. The molecule has 7 nitrogen and oxygen atoms in total. The Morgan fingerprint density at radius 2 is 2.18 bits per heavy atom. The molecule has 1 aromatic carbocycles. The largest absolute Gasteiger partial charge is 0.487 e. The number of carbonyl (C=O) groups is 1. The number of aromatic nitrogens is 3. The van der Waals surface area contributed by atoms with Gasteiger partial charge in [-0.1, -0.05) is 12.1 Å². The molecule has 0 unspecified atom stereocenters. The summed E-state index contributed by atoms with van der Waals surface area (Å²) < 4.78 is 21.7. The Morgan fingerprint density at radius 1 is 1.32 bits per heavy atom. The molecule has 8 heteroatoms. The van der Waals surface area contributed by atoms with Gasteiger partial charge in [-0.15, -0.1) is 0 Å². The van der Waals surface area contributed by atoms with E-state index in [1.165, 1.54) is 0 Å². The lowest BCUT2D eigenvalue weighted by molar-refractivity contribution is 0.251. The summed E-state index contributed by atoms with van der Waals surface area (Å²) in [5, 5.41) is 9.56. The van der Waals surface area contributed by atoms with E-state index in [1.54, 1.807) is 47.4 Å². The van der Waals surface area contributed by atoms with Crippen molar-refractivity contribution in [3.05, 3.63) is 60.3 Å². The van der Waals surface area contributed by atoms with Crippen molar-refractivity contribution in [3.8, 4) is 17.0 Å². The van der Waals surface area contributed by atoms with Crippen molar-refractivity contribution >= 4 is 11.7 Å². The molecule has 1 aliphatic rings. The first kappa shape index (κ1) is 18.0. The molecule has 1 fully saturated rings. The lowest BCUT2D eigenvalue weighted by Gasteiger charge is -2.12. The molecule has 0 spiro atoms. The third kappa shape index (κ3) is 4.11. The van der Waals surface area contributed by atoms with Crippen LogP contribution in [0.4, 0.5) is 14.9 Å². The van der Waals surface area contributed by atoms with E-state index in [4.69, 9.17) is 4.74 Å². The van der Waals surface area contributed by atoms with Gasteiger partial charge in [0.2, 0.25) is 0 Å². The zero-order valence-electron chi connectivity index (χ0n) is 15.4. The average Bonchev–Trinajstić information content (AvgIpc) is 3.40. The molecule has 4 rings (SSSR count). The normalized spacial score (nSPS) is 13.2. The van der Waals surface area contributed by atoms with Crippen molar-refractivity contribution in [2.75, 3.05) is 5.32 Å². The fourth-order valence-corrected chi connectivity index (χ4v) is 2.77. The van der Waals surface area contributed by atoms with Crippen molar-refractivity contribution in [2.45, 2.75) is 25.5 Å². The maximum absolute atomic E-state index is 14.5. The number of ether oxygens (including phenoxy) is 1. The number of amides is 2. The van der Waals surface area contributed by atoms with Gasteiger partial charge in [0.1, 0.15) is 0 Å². The summed E-state index contributed by atoms with van der Waals surface area (Å²) in [5.74, 6) is -0.208. The van der Waals surface area contributed by atoms with Crippen molar-refractivity contribution in [1.82, 2.24) is 20.1 Å². The number of hydrogen-bond acceptors (Lipinski definition) is 4. The molecule has 0 atom stereocenters. The quantitative estimate of drug-likeness (QED) is 0.685. The molecule has 0 saturated heterocycles. The van der Waals surface area contributed by atoms with Crippen molar-refractivity contribution in [2.24, 2.45) is 7.05 Å². The highest BCUT2D eigenvalue weighted by Crippen LogP contribution is 2.29. The molecule has 144 valence electrons. The van der Waals surface area contributed by atoms with E-state index < -0.39 is 11.8 Å². The van der Waals surface area contributed by atoms with Crippen LogP contribution in [-0.2, 0) is 13.6 Å². The van der Waals surface area contributed by atoms with Crippen LogP contribution in [0.3, 0.4) is 0 Å². The van der Waals surface area contributed by atoms with E-state index >= 15 is 0 Å². The molecular weight excluding hydrogens is 361 g/mol. The Balaban J connectivity index is 1.42. The van der Waals surface area contributed by atoms with Crippen LogP contribution in [0.15, 0.2) is 48.9 Å². The molecular formula is C20H20FN5O2. The van der Waals surface area contributed by atoms with Crippen LogP contribution < -0.4 is 15.4 Å². The predicted octanol–water partition coefficient (Wildman–Crippen LogP) is 3.48. The van der Waals surface area contributed by atoms with Crippen molar-refractivity contribution < 1.29 is 13.9 Å². The van der Waals surface area contributed by atoms with E-state index in [2.05, 4.69) is 20.7 Å². The van der Waals surface area contributed by atoms with Crippen LogP contribution in [-0.4, -0.2) is 26.9 Å². The van der Waals surface area contributed by atoms with Gasteiger partial charge < -0.3 is 15.4 Å². The number of hydrogen-bond donors (Lipinski definition) is 2. The lowest BCUT2D eigenvalue weighted by atomic mass is 10.2. The standard InChI is InChI=1S/C20H20FN5O2/c1-26-12-14(11-24-26)19-16(5-3-9-22-19)25-20(27)23-10-13-4-2-6-17(18(13)21)28-15-7-8-15/h2-6,9,11-12,15H,7-8,10H2,1H3,(H2,23,25,27). The maximum Gasteiger partial charge on any atom is 0.319 e. The number of nitrogens with zero attached hydrogens (tertiary/aromatic N) is 3. The van der Waals surface area contributed by atoms with Crippen LogP contribution in [0.1, 0.15) is 18.4 Å². The van der Waals surface area contributed by atoms with Crippen LogP contribution in [0, 0.1) is 5.82 Å². The third-order valence-electron chi connectivity index (χ3n) is 4.33. The second-order valence-corrected chi connectivity index (χ2v) is 6.66. The summed E-state index contributed by atoms with van der Waals surface area (Å²) >= 11 is 0. The van der Waals surface area contributed by atoms with Gasteiger partial charge >= 0.3 is 6.03 Å². The number of halogens is 1. The van der Waals surface area contributed by atoms with E-state index in [0.29, 0.717) is 16.9 Å². The van der Waals surface area contributed by atoms with Crippen LogP contribution >= 0.6 is 0 Å². The van der Waals surface area contributed by atoms with Crippen molar-refractivity contribution in [1.29, 1.82) is 0 Å². The number of aryl methyl sites for hydroxylation is 1. The van der Waals surface area contributed by atoms with E-state index in [-0.39, 0.29) is 18.4 Å². The molecule has 2 aromatic heterocycles. The second kappa shape index (κ2) is 7.67. The van der Waals surface area contributed by atoms with E-state index in [0.717, 1.165) is 18.4 Å². The number of carbonyl (C=O) groups excluding carboxylic acids is 1. The van der Waals surface area contributed by atoms with Gasteiger partial charge in [-0.05, 0) is 31.0 Å². The third-order valence-corrected chi connectivity index (χ3v) is 4.33. The van der Waals surface area contributed by atoms with Gasteiger partial charge in [-0.3, -0.25) is 9.67 Å². The maximum atomic E-state index is 14.5. The number of anilines is 1. The first-order valence-corrected chi connectivity index (χ1v) is 9.03. The summed E-state index contributed by atoms with van der Waals surface area (Å²) in [6.07, 6.45) is 7.14. The molecule has 0 aliphatic heterocycles. The fraction of sp³-hybridized carbons (Fsp3) is 0.250. The van der Waals surface area contributed by atoms with E-state index in [1.807, 2.05) is 13.2 Å². The summed E-state index contributed by atoms with van der Waals surface area (Å²) in [5.41, 5.74) is 2.30. The number of urea groups is 1. The summed E-state index contributed by atoms with van der Waals surface area (Å²) in [6.45, 7) is 0.0437. The monoisotopic (exact) mass is 381 g/mol. The highest BCUT2D eigenvalue weighted by molar-refractivity contribution is 5.93. The summed E-state index contributed by atoms with van der Waals surface area (Å²) in [6, 6.07) is 7.98. The molecule has 1 saturated carbocycles. The van der Waals surface area contributed by atoms with Gasteiger partial charge in [0.05, 0.1) is 23.7 Å². The van der Waals surface area contributed by atoms with Gasteiger partial charge in [0.25, 0.3) is 0 Å². The van der Waals surface area contributed by atoms with E-state index in [9.17, 15) is 9.18 Å². The Labute approximate surface area is 161 Å². The minimum atomic E-state index is -0.453. The minimum Gasteiger partial charge on any atom is -0.487 e. The van der Waals surface area contributed by atoms with Gasteiger partial charge in [-0.25, -0.2) is 9.18 Å². The molecule has 0 radical (unpaired) electrons. The van der Waals surface area contributed by atoms with Crippen LogP contribution in [0.25, 0.3) is 11.3 Å². The number of benzene rings is 1. The number of rotatable bonds is 6. The Hall–Kier alpha value is -3.42. The topological polar surface area (TPSA) is 81.1 Å². The highest BCUT2D eigenvalue weighted by atomic mass is 19.1. The number of pyridine rings is 1. The molecule has 0 bridgehead atoms. The zero-order valence-corrected chi connectivity index (χ0v) is 15.4. The molecule has 1 aliphatic carbocycles. The van der Waals surface area contributed by atoms with Crippen LogP contribution in [0.5, 0.6) is 5.75 Å². The SMILES string of the molecule is Cn1cc(-c2ncccc2NC(=O)NCc2cccc(OC3CC3)c2F)cn1. The fourth-order valence-electron chi connectivity index (χ4n) is 2.77. The molecule has 3 aromatic rings. The average molecular weight is 381 g/mol. The van der Waals surface area contributed by atoms with Crippen molar-refractivity contribution in [3.63, 3.8) is 0 Å². The lowest BCUT2D eigenvalue weighted by Crippen LogP contribution is -2.28. The van der Waals surface area contributed by atoms with Gasteiger partial charge in [-0.2, -0.15) is 5.10 Å². The first-order valence-electron chi connectivity index (χ1n) is 9.03. The molecule has 28 heavy (non-hydrogen) atoms. The molecule has 2 amide bonds. The van der Waals surface area contributed by atoms with Crippen LogP contribution in [0.2, 0.25) is 0 Å². The van der Waals surface area contributed by atoms with Gasteiger partial charge in [0.15, 0.2) is 11.6 Å². The smallest absolute Gasteiger partial charge is 0.319 e. The predicted molar refractivity (Wildman–Crippen MR) is 102 cm³/mol. The molecule has 2 heterocycles. The molecule has 2 N–H and O–H groups in total.